The van der Waals surface area contributed by atoms with Gasteiger partial charge in [0.05, 0.1) is 16.9 Å². The molecule has 0 radical (unpaired) electrons. The monoisotopic (exact) mass is 435 g/mol. The molecule has 3 aromatic rings. The molecule has 1 aliphatic rings. The maximum Gasteiger partial charge on any atom is 0.243 e. The molecule has 1 N–H and O–H groups in total. The molecule has 2 heterocycles. The van der Waals surface area contributed by atoms with Gasteiger partial charge >= 0.3 is 0 Å². The zero-order valence-corrected chi connectivity index (χ0v) is 17.9. The van der Waals surface area contributed by atoms with E-state index in [-0.39, 0.29) is 23.4 Å². The molecule has 4 rings (SSSR count). The molecular formula is C24H25N3O3S. The Hall–Kier alpha value is -3.03. The molecule has 2 unspecified atom stereocenters. The second kappa shape index (κ2) is 9.41. The third-order valence-corrected chi connectivity index (χ3v) is 7.55. The predicted octanol–water partition coefficient (Wildman–Crippen LogP) is 3.54. The highest BCUT2D eigenvalue weighted by molar-refractivity contribution is 7.89. The van der Waals surface area contributed by atoms with Crippen molar-refractivity contribution in [2.75, 3.05) is 6.54 Å². The molecular weight excluding hydrogens is 410 g/mol. The number of piperidine rings is 1. The minimum absolute atomic E-state index is 0.128. The van der Waals surface area contributed by atoms with E-state index in [9.17, 15) is 13.2 Å². The standard InChI is InChI=1S/C24H25N3O3S/c28-24(26-17-19-13-15-25-16-14-19)21-11-12-23(20-7-3-1-4-8-20)27(18-21)31(29,30)22-9-5-2-6-10-22/h1-10,13-16,21,23H,11-12,17-18H2,(H,26,28). The molecule has 0 aliphatic carbocycles. The highest BCUT2D eigenvalue weighted by atomic mass is 32.2. The molecule has 31 heavy (non-hydrogen) atoms. The zero-order valence-electron chi connectivity index (χ0n) is 17.1. The van der Waals surface area contributed by atoms with Crippen molar-refractivity contribution in [2.45, 2.75) is 30.3 Å². The smallest absolute Gasteiger partial charge is 0.243 e. The van der Waals surface area contributed by atoms with Gasteiger partial charge < -0.3 is 5.32 Å². The summed E-state index contributed by atoms with van der Waals surface area (Å²) in [6.45, 7) is 0.546. The average Bonchev–Trinajstić information content (AvgIpc) is 2.84. The predicted molar refractivity (Wildman–Crippen MR) is 118 cm³/mol. The van der Waals surface area contributed by atoms with Crippen molar-refractivity contribution in [1.82, 2.24) is 14.6 Å². The van der Waals surface area contributed by atoms with Crippen molar-refractivity contribution in [3.63, 3.8) is 0 Å². The first-order valence-electron chi connectivity index (χ1n) is 10.3. The van der Waals surface area contributed by atoms with Crippen LogP contribution in [0.2, 0.25) is 0 Å². The normalized spacial score (nSPS) is 19.6. The van der Waals surface area contributed by atoms with Crippen molar-refractivity contribution >= 4 is 15.9 Å². The van der Waals surface area contributed by atoms with Gasteiger partial charge in [0, 0.05) is 25.5 Å². The zero-order chi connectivity index (χ0) is 21.7. The lowest BCUT2D eigenvalue weighted by Gasteiger charge is -2.38. The van der Waals surface area contributed by atoms with E-state index in [0.29, 0.717) is 19.4 Å². The van der Waals surface area contributed by atoms with Gasteiger partial charge in [-0.05, 0) is 48.2 Å². The fraction of sp³-hybridized carbons (Fsp3) is 0.250. The number of hydrogen-bond donors (Lipinski definition) is 1. The van der Waals surface area contributed by atoms with Gasteiger partial charge in [-0.3, -0.25) is 9.78 Å². The van der Waals surface area contributed by atoms with Gasteiger partial charge in [0.1, 0.15) is 0 Å². The van der Waals surface area contributed by atoms with Crippen LogP contribution in [0, 0.1) is 5.92 Å². The first-order chi connectivity index (χ1) is 15.1. The summed E-state index contributed by atoms with van der Waals surface area (Å²) in [4.78, 5) is 17.1. The van der Waals surface area contributed by atoms with Crippen LogP contribution in [-0.2, 0) is 21.4 Å². The Morgan fingerprint density at radius 3 is 2.26 bits per heavy atom. The molecule has 1 saturated heterocycles. The molecule has 1 amide bonds. The lowest BCUT2D eigenvalue weighted by atomic mass is 9.90. The lowest BCUT2D eigenvalue weighted by molar-refractivity contribution is -0.126. The van der Waals surface area contributed by atoms with E-state index in [2.05, 4.69) is 10.3 Å². The van der Waals surface area contributed by atoms with Crippen LogP contribution in [0.1, 0.15) is 30.0 Å². The third kappa shape index (κ3) is 4.84. The molecule has 160 valence electrons. The van der Waals surface area contributed by atoms with Crippen LogP contribution < -0.4 is 5.32 Å². The van der Waals surface area contributed by atoms with Gasteiger partial charge in [0.15, 0.2) is 0 Å². The Bertz CT molecular complexity index is 1110. The molecule has 1 aliphatic heterocycles. The topological polar surface area (TPSA) is 79.4 Å². The van der Waals surface area contributed by atoms with Gasteiger partial charge in [0.2, 0.25) is 15.9 Å². The molecule has 1 fully saturated rings. The van der Waals surface area contributed by atoms with Gasteiger partial charge in [-0.2, -0.15) is 4.31 Å². The summed E-state index contributed by atoms with van der Waals surface area (Å²) in [5.74, 6) is -0.531. The summed E-state index contributed by atoms with van der Waals surface area (Å²) in [6.07, 6.45) is 4.58. The van der Waals surface area contributed by atoms with E-state index in [1.54, 1.807) is 42.7 Å². The molecule has 2 atom stereocenters. The second-order valence-electron chi connectivity index (χ2n) is 7.66. The summed E-state index contributed by atoms with van der Waals surface area (Å²) < 4.78 is 28.5. The molecule has 0 spiro atoms. The number of carbonyl (C=O) groups is 1. The summed E-state index contributed by atoms with van der Waals surface area (Å²) in [6, 6.07) is 21.5. The third-order valence-electron chi connectivity index (χ3n) is 5.66. The Labute approximate surface area is 183 Å². The number of benzene rings is 2. The van der Waals surface area contributed by atoms with Crippen LogP contribution in [0.5, 0.6) is 0 Å². The van der Waals surface area contributed by atoms with Crippen molar-refractivity contribution in [3.8, 4) is 0 Å². The largest absolute Gasteiger partial charge is 0.352 e. The van der Waals surface area contributed by atoms with Gasteiger partial charge in [0.25, 0.3) is 0 Å². The van der Waals surface area contributed by atoms with Crippen LogP contribution in [0.25, 0.3) is 0 Å². The summed E-state index contributed by atoms with van der Waals surface area (Å²) in [7, 11) is -3.75. The Balaban J connectivity index is 1.57. The molecule has 0 saturated carbocycles. The highest BCUT2D eigenvalue weighted by Crippen LogP contribution is 2.37. The van der Waals surface area contributed by atoms with Gasteiger partial charge in [-0.25, -0.2) is 8.42 Å². The first kappa shape index (κ1) is 21.2. The van der Waals surface area contributed by atoms with Crippen molar-refractivity contribution in [2.24, 2.45) is 5.92 Å². The van der Waals surface area contributed by atoms with Crippen LogP contribution in [-0.4, -0.2) is 30.2 Å². The van der Waals surface area contributed by atoms with E-state index in [1.807, 2.05) is 42.5 Å². The molecule has 6 nitrogen and oxygen atoms in total. The van der Waals surface area contributed by atoms with E-state index in [4.69, 9.17) is 0 Å². The number of amides is 1. The maximum absolute atomic E-state index is 13.5. The number of sulfonamides is 1. The van der Waals surface area contributed by atoms with Crippen molar-refractivity contribution in [3.05, 3.63) is 96.3 Å². The molecule has 1 aromatic heterocycles. The van der Waals surface area contributed by atoms with E-state index in [1.165, 1.54) is 4.31 Å². The molecule has 2 aromatic carbocycles. The Morgan fingerprint density at radius 1 is 0.935 bits per heavy atom. The minimum atomic E-state index is -3.75. The molecule has 7 heteroatoms. The van der Waals surface area contributed by atoms with Crippen LogP contribution in [0.4, 0.5) is 0 Å². The van der Waals surface area contributed by atoms with Crippen LogP contribution in [0.3, 0.4) is 0 Å². The van der Waals surface area contributed by atoms with Gasteiger partial charge in [-0.15, -0.1) is 0 Å². The van der Waals surface area contributed by atoms with Crippen LogP contribution >= 0.6 is 0 Å². The quantitative estimate of drug-likeness (QED) is 0.642. The van der Waals surface area contributed by atoms with Crippen molar-refractivity contribution < 1.29 is 13.2 Å². The van der Waals surface area contributed by atoms with Crippen molar-refractivity contribution in [1.29, 1.82) is 0 Å². The fourth-order valence-electron chi connectivity index (χ4n) is 3.99. The fourth-order valence-corrected chi connectivity index (χ4v) is 5.70. The lowest BCUT2D eigenvalue weighted by Crippen LogP contribution is -2.46. The number of carbonyl (C=O) groups excluding carboxylic acids is 1. The average molecular weight is 436 g/mol. The van der Waals surface area contributed by atoms with E-state index < -0.39 is 15.9 Å². The van der Waals surface area contributed by atoms with Gasteiger partial charge in [-0.1, -0.05) is 48.5 Å². The number of pyridine rings is 1. The maximum atomic E-state index is 13.5. The second-order valence-corrected chi connectivity index (χ2v) is 9.55. The number of aromatic nitrogens is 1. The number of nitrogens with one attached hydrogen (secondary N) is 1. The highest BCUT2D eigenvalue weighted by Gasteiger charge is 2.39. The number of rotatable bonds is 6. The van der Waals surface area contributed by atoms with E-state index in [0.717, 1.165) is 11.1 Å². The Morgan fingerprint density at radius 2 is 1.58 bits per heavy atom. The number of hydrogen-bond acceptors (Lipinski definition) is 4. The van der Waals surface area contributed by atoms with Crippen LogP contribution in [0.15, 0.2) is 90.1 Å². The SMILES string of the molecule is O=C(NCc1ccncc1)C1CCC(c2ccccc2)N(S(=O)(=O)c2ccccc2)C1. The summed E-state index contributed by atoms with van der Waals surface area (Å²) in [5.41, 5.74) is 1.90. The Kier molecular flexibility index (Phi) is 6.44. The minimum Gasteiger partial charge on any atom is -0.352 e. The first-order valence-corrected chi connectivity index (χ1v) is 11.8. The molecule has 0 bridgehead atoms. The summed E-state index contributed by atoms with van der Waals surface area (Å²) >= 11 is 0. The number of nitrogens with zero attached hydrogens (tertiary/aromatic N) is 2. The van der Waals surface area contributed by atoms with E-state index >= 15 is 0 Å². The summed E-state index contributed by atoms with van der Waals surface area (Å²) in [5, 5.41) is 2.95.